The molecule has 0 radical (unpaired) electrons. The van der Waals surface area contributed by atoms with Crippen molar-refractivity contribution in [2.75, 3.05) is 6.61 Å². The first kappa shape index (κ1) is 21.8. The van der Waals surface area contributed by atoms with Crippen molar-refractivity contribution in [1.29, 1.82) is 5.26 Å². The molecule has 0 spiro atoms. The van der Waals surface area contributed by atoms with Crippen LogP contribution in [0.1, 0.15) is 30.9 Å². The van der Waals surface area contributed by atoms with E-state index in [0.717, 1.165) is 6.07 Å². The van der Waals surface area contributed by atoms with Gasteiger partial charge in [0.2, 0.25) is 5.88 Å². The Morgan fingerprint density at radius 3 is 2.68 bits per heavy atom. The largest absolute Gasteiger partial charge is 0.486 e. The number of carbonyl (C=O) groups is 1. The molecule has 1 atom stereocenters. The molecule has 0 bridgehead atoms. The Morgan fingerprint density at radius 1 is 1.26 bits per heavy atom. The van der Waals surface area contributed by atoms with E-state index >= 15 is 0 Å². The van der Waals surface area contributed by atoms with E-state index in [1.807, 2.05) is 6.07 Å². The summed E-state index contributed by atoms with van der Waals surface area (Å²) < 4.78 is 44.0. The lowest BCUT2D eigenvalue weighted by Crippen LogP contribution is -2.25. The number of allylic oxidation sites excluding steroid dienone is 2. The molecule has 160 valence electrons. The van der Waals surface area contributed by atoms with Gasteiger partial charge in [-0.3, -0.25) is 0 Å². The summed E-state index contributed by atoms with van der Waals surface area (Å²) in [6.45, 7) is 3.25. The second-order valence-electron chi connectivity index (χ2n) is 6.72. The van der Waals surface area contributed by atoms with Crippen LogP contribution in [0.4, 0.5) is 8.78 Å². The normalized spacial score (nSPS) is 15.9. The molecule has 0 saturated carbocycles. The minimum atomic E-state index is -0.954. The number of ether oxygens (including phenoxy) is 3. The molecule has 31 heavy (non-hydrogen) atoms. The Labute approximate surface area is 178 Å². The van der Waals surface area contributed by atoms with Crippen LogP contribution in [0.3, 0.4) is 0 Å². The van der Waals surface area contributed by atoms with E-state index in [4.69, 9.17) is 19.9 Å². The summed E-state index contributed by atoms with van der Waals surface area (Å²) in [5.74, 6) is -2.82. The maximum Gasteiger partial charge on any atom is 0.338 e. The minimum Gasteiger partial charge on any atom is -0.486 e. The summed E-state index contributed by atoms with van der Waals surface area (Å²) in [4.78, 5) is 12.5. The van der Waals surface area contributed by atoms with Gasteiger partial charge in [0.25, 0.3) is 0 Å². The molecule has 0 aromatic heterocycles. The summed E-state index contributed by atoms with van der Waals surface area (Å²) >= 11 is 0. The number of benzene rings is 2. The number of rotatable bonds is 6. The summed E-state index contributed by atoms with van der Waals surface area (Å²) in [5.41, 5.74) is 6.73. The predicted octanol–water partition coefficient (Wildman–Crippen LogP) is 4.19. The molecule has 2 N–H and O–H groups in total. The van der Waals surface area contributed by atoms with E-state index in [0.29, 0.717) is 11.1 Å². The molecule has 3 rings (SSSR count). The van der Waals surface area contributed by atoms with Crippen molar-refractivity contribution in [3.8, 4) is 11.8 Å². The molecule has 1 aliphatic heterocycles. The summed E-state index contributed by atoms with van der Waals surface area (Å²) in [5, 5.41) is 9.57. The van der Waals surface area contributed by atoms with Crippen molar-refractivity contribution in [3.05, 3.63) is 88.0 Å². The van der Waals surface area contributed by atoms with Crippen molar-refractivity contribution in [2.45, 2.75) is 26.4 Å². The fraction of sp³-hybridized carbons (Fsp3) is 0.217. The highest BCUT2D eigenvalue weighted by atomic mass is 19.1. The average molecular weight is 426 g/mol. The Kier molecular flexibility index (Phi) is 6.55. The van der Waals surface area contributed by atoms with Gasteiger partial charge in [-0.1, -0.05) is 18.2 Å². The van der Waals surface area contributed by atoms with Crippen LogP contribution < -0.4 is 10.5 Å². The Bertz CT molecular complexity index is 1120. The average Bonchev–Trinajstić information content (AvgIpc) is 2.72. The summed E-state index contributed by atoms with van der Waals surface area (Å²) in [6.07, 6.45) is 0. The third kappa shape index (κ3) is 4.67. The summed E-state index contributed by atoms with van der Waals surface area (Å²) in [6, 6.07) is 11.8. The number of nitrogens with zero attached hydrogens (tertiary/aromatic N) is 1. The predicted molar refractivity (Wildman–Crippen MR) is 107 cm³/mol. The highest BCUT2D eigenvalue weighted by Gasteiger charge is 2.36. The number of hydrogen-bond donors (Lipinski definition) is 1. The monoisotopic (exact) mass is 426 g/mol. The van der Waals surface area contributed by atoms with Gasteiger partial charge in [-0.15, -0.1) is 0 Å². The molecule has 1 aliphatic rings. The van der Waals surface area contributed by atoms with Gasteiger partial charge in [0, 0.05) is 0 Å². The van der Waals surface area contributed by atoms with Crippen molar-refractivity contribution < 1.29 is 27.8 Å². The number of carbonyl (C=O) groups excluding carboxylic acids is 1. The first-order chi connectivity index (χ1) is 14.8. The van der Waals surface area contributed by atoms with Gasteiger partial charge in [-0.2, -0.15) is 5.26 Å². The van der Waals surface area contributed by atoms with E-state index in [1.54, 1.807) is 13.0 Å². The SMILES string of the molecule is CCOC(=O)C1=C(C)OC(N)=C(C#N)C1c1ccc(OCc2cccc(F)c2)c(F)c1. The summed E-state index contributed by atoms with van der Waals surface area (Å²) in [7, 11) is 0. The van der Waals surface area contributed by atoms with Crippen LogP contribution in [0.5, 0.6) is 5.75 Å². The fourth-order valence-corrected chi connectivity index (χ4v) is 3.29. The van der Waals surface area contributed by atoms with E-state index in [2.05, 4.69) is 0 Å². The molecule has 2 aromatic rings. The molecular formula is C23H20F2N2O4. The van der Waals surface area contributed by atoms with Gasteiger partial charge in [-0.05, 0) is 49.2 Å². The van der Waals surface area contributed by atoms with E-state index < -0.39 is 23.5 Å². The van der Waals surface area contributed by atoms with E-state index in [-0.39, 0.29) is 41.8 Å². The van der Waals surface area contributed by atoms with Crippen LogP contribution in [0.15, 0.2) is 65.3 Å². The van der Waals surface area contributed by atoms with Crippen molar-refractivity contribution in [1.82, 2.24) is 0 Å². The molecule has 8 heteroatoms. The third-order valence-electron chi connectivity index (χ3n) is 4.67. The molecule has 0 aliphatic carbocycles. The van der Waals surface area contributed by atoms with Crippen molar-refractivity contribution >= 4 is 5.97 Å². The molecule has 0 fully saturated rings. The van der Waals surface area contributed by atoms with E-state index in [9.17, 15) is 18.8 Å². The highest BCUT2D eigenvalue weighted by Crippen LogP contribution is 2.40. The zero-order chi connectivity index (χ0) is 22.5. The van der Waals surface area contributed by atoms with Crippen molar-refractivity contribution in [3.63, 3.8) is 0 Å². The molecule has 0 amide bonds. The first-order valence-corrected chi connectivity index (χ1v) is 9.47. The fourth-order valence-electron chi connectivity index (χ4n) is 3.29. The number of nitrogens with two attached hydrogens (primary N) is 1. The maximum atomic E-state index is 14.8. The lowest BCUT2D eigenvalue weighted by atomic mass is 9.83. The molecule has 1 unspecified atom stereocenters. The Morgan fingerprint density at radius 2 is 2.03 bits per heavy atom. The Hall–Kier alpha value is -3.86. The van der Waals surface area contributed by atoms with Gasteiger partial charge in [0.15, 0.2) is 11.6 Å². The van der Waals surface area contributed by atoms with Gasteiger partial charge < -0.3 is 19.9 Å². The minimum absolute atomic E-state index is 0.0264. The topological polar surface area (TPSA) is 94.6 Å². The Balaban J connectivity index is 1.93. The highest BCUT2D eigenvalue weighted by molar-refractivity contribution is 5.92. The van der Waals surface area contributed by atoms with Crippen LogP contribution in [0.25, 0.3) is 0 Å². The lowest BCUT2D eigenvalue weighted by molar-refractivity contribution is -0.139. The van der Waals surface area contributed by atoms with Crippen LogP contribution in [0.2, 0.25) is 0 Å². The third-order valence-corrected chi connectivity index (χ3v) is 4.67. The van der Waals surface area contributed by atoms with Crippen LogP contribution >= 0.6 is 0 Å². The maximum absolute atomic E-state index is 14.8. The molecule has 6 nitrogen and oxygen atoms in total. The number of hydrogen-bond acceptors (Lipinski definition) is 6. The van der Waals surface area contributed by atoms with Gasteiger partial charge in [0.1, 0.15) is 29.8 Å². The zero-order valence-corrected chi connectivity index (χ0v) is 16.9. The van der Waals surface area contributed by atoms with Crippen molar-refractivity contribution in [2.24, 2.45) is 5.73 Å². The van der Waals surface area contributed by atoms with Gasteiger partial charge >= 0.3 is 5.97 Å². The molecular weight excluding hydrogens is 406 g/mol. The zero-order valence-electron chi connectivity index (χ0n) is 16.9. The van der Waals surface area contributed by atoms with Crippen LogP contribution in [0, 0.1) is 23.0 Å². The van der Waals surface area contributed by atoms with Crippen LogP contribution in [-0.2, 0) is 20.9 Å². The molecule has 0 saturated heterocycles. The lowest BCUT2D eigenvalue weighted by Gasteiger charge is -2.27. The number of esters is 1. The number of nitriles is 1. The van der Waals surface area contributed by atoms with Gasteiger partial charge in [0.05, 0.1) is 18.1 Å². The molecule has 2 aromatic carbocycles. The second-order valence-corrected chi connectivity index (χ2v) is 6.72. The standard InChI is InChI=1S/C23H20F2N2O4/c1-3-29-23(28)20-13(2)31-22(27)17(11-26)21(20)15-7-8-19(18(25)10-15)30-12-14-5-4-6-16(24)9-14/h4-10,21H,3,12,27H2,1-2H3. The first-order valence-electron chi connectivity index (χ1n) is 9.47. The van der Waals surface area contributed by atoms with Gasteiger partial charge in [-0.25, -0.2) is 13.6 Å². The smallest absolute Gasteiger partial charge is 0.338 e. The second kappa shape index (κ2) is 9.30. The van der Waals surface area contributed by atoms with E-state index in [1.165, 1.54) is 37.3 Å². The number of halogens is 2. The quantitative estimate of drug-likeness (QED) is 0.696. The molecule has 1 heterocycles. The van der Waals surface area contributed by atoms with Crippen LogP contribution in [-0.4, -0.2) is 12.6 Å².